The van der Waals surface area contributed by atoms with Crippen LogP contribution in [0.15, 0.2) is 48.5 Å². The SMILES string of the molecule is O=C(NCC1CC1)[C@@H]1CN(C(=O)c2ccc(Cl)cc2)C[C@H]1c1cccc(C(F)(F)F)c1. The molecule has 164 valence electrons. The van der Waals surface area contributed by atoms with E-state index in [1.807, 2.05) is 0 Å². The number of nitrogens with zero attached hydrogens (tertiary/aromatic N) is 1. The van der Waals surface area contributed by atoms with E-state index in [1.165, 1.54) is 11.0 Å². The Balaban J connectivity index is 1.59. The van der Waals surface area contributed by atoms with E-state index >= 15 is 0 Å². The molecule has 1 aliphatic carbocycles. The Morgan fingerprint density at radius 2 is 1.77 bits per heavy atom. The molecule has 2 aromatic carbocycles. The first-order valence-electron chi connectivity index (χ1n) is 10.2. The maximum Gasteiger partial charge on any atom is 0.416 e. The summed E-state index contributed by atoms with van der Waals surface area (Å²) in [5.41, 5.74) is 0.0728. The van der Waals surface area contributed by atoms with Gasteiger partial charge < -0.3 is 10.2 Å². The molecule has 0 aromatic heterocycles. The molecule has 2 fully saturated rings. The summed E-state index contributed by atoms with van der Waals surface area (Å²) in [6.45, 7) is 0.888. The number of benzene rings is 2. The first kappa shape index (κ1) is 21.7. The Kier molecular flexibility index (Phi) is 5.97. The quantitative estimate of drug-likeness (QED) is 0.715. The zero-order chi connectivity index (χ0) is 22.2. The van der Waals surface area contributed by atoms with Gasteiger partial charge in [0.1, 0.15) is 0 Å². The van der Waals surface area contributed by atoms with Crippen molar-refractivity contribution < 1.29 is 22.8 Å². The van der Waals surface area contributed by atoms with Gasteiger partial charge >= 0.3 is 6.18 Å². The van der Waals surface area contributed by atoms with Crippen LogP contribution in [0.4, 0.5) is 13.2 Å². The first-order valence-corrected chi connectivity index (χ1v) is 10.6. The number of alkyl halides is 3. The van der Waals surface area contributed by atoms with Crippen LogP contribution in [0.1, 0.15) is 40.2 Å². The number of hydrogen-bond donors (Lipinski definition) is 1. The van der Waals surface area contributed by atoms with Gasteiger partial charge in [-0.05, 0) is 54.7 Å². The number of carbonyl (C=O) groups is 2. The molecule has 2 atom stereocenters. The minimum atomic E-state index is -4.48. The maximum absolute atomic E-state index is 13.2. The summed E-state index contributed by atoms with van der Waals surface area (Å²) in [6.07, 6.45) is -2.33. The molecule has 0 unspecified atom stereocenters. The van der Waals surface area contributed by atoms with Crippen LogP contribution in [-0.4, -0.2) is 36.3 Å². The third-order valence-electron chi connectivity index (χ3n) is 5.94. The summed E-state index contributed by atoms with van der Waals surface area (Å²) >= 11 is 5.89. The highest BCUT2D eigenvalue weighted by molar-refractivity contribution is 6.30. The van der Waals surface area contributed by atoms with Crippen molar-refractivity contribution in [1.82, 2.24) is 10.2 Å². The standard InChI is InChI=1S/C23H22ClF3N2O2/c24-18-8-6-15(7-9-18)22(31)29-12-19(16-2-1-3-17(10-16)23(25,26)27)20(13-29)21(30)28-11-14-4-5-14/h1-3,6-10,14,19-20H,4-5,11-13H2,(H,28,30)/t19-,20+/m0/s1. The number of hydrogen-bond acceptors (Lipinski definition) is 2. The molecule has 2 aromatic rings. The van der Waals surface area contributed by atoms with E-state index in [9.17, 15) is 22.8 Å². The van der Waals surface area contributed by atoms with Gasteiger partial charge in [0.25, 0.3) is 5.91 Å². The normalized spacial score (nSPS) is 21.2. The van der Waals surface area contributed by atoms with Gasteiger partial charge in [0.15, 0.2) is 0 Å². The van der Waals surface area contributed by atoms with Crippen LogP contribution in [0.2, 0.25) is 5.02 Å². The Labute approximate surface area is 183 Å². The molecule has 0 radical (unpaired) electrons. The number of carbonyl (C=O) groups excluding carboxylic acids is 2. The van der Waals surface area contributed by atoms with Crippen LogP contribution < -0.4 is 5.32 Å². The van der Waals surface area contributed by atoms with Crippen LogP contribution in [0, 0.1) is 11.8 Å². The van der Waals surface area contributed by atoms with Gasteiger partial charge in [0, 0.05) is 36.1 Å². The van der Waals surface area contributed by atoms with E-state index in [1.54, 1.807) is 30.3 Å². The highest BCUT2D eigenvalue weighted by atomic mass is 35.5. The molecule has 1 aliphatic heterocycles. The minimum Gasteiger partial charge on any atom is -0.356 e. The summed E-state index contributed by atoms with van der Waals surface area (Å²) in [5, 5.41) is 3.42. The van der Waals surface area contributed by atoms with Gasteiger partial charge in [-0.25, -0.2) is 0 Å². The molecular weight excluding hydrogens is 429 g/mol. The molecule has 4 rings (SSSR count). The van der Waals surface area contributed by atoms with E-state index in [2.05, 4.69) is 5.32 Å². The molecule has 1 saturated heterocycles. The van der Waals surface area contributed by atoms with Gasteiger partial charge in [-0.15, -0.1) is 0 Å². The fraction of sp³-hybridized carbons (Fsp3) is 0.391. The number of nitrogens with one attached hydrogen (secondary N) is 1. The Bertz CT molecular complexity index is 974. The summed E-state index contributed by atoms with van der Waals surface area (Å²) in [5.74, 6) is -1.15. The average Bonchev–Trinajstić information content (AvgIpc) is 3.47. The summed E-state index contributed by atoms with van der Waals surface area (Å²) in [4.78, 5) is 27.4. The van der Waals surface area contributed by atoms with Gasteiger partial charge in [0.2, 0.25) is 5.91 Å². The topological polar surface area (TPSA) is 49.4 Å². The highest BCUT2D eigenvalue weighted by Crippen LogP contribution is 2.37. The summed E-state index contributed by atoms with van der Waals surface area (Å²) < 4.78 is 39.7. The maximum atomic E-state index is 13.2. The van der Waals surface area contributed by atoms with E-state index in [0.717, 1.165) is 25.0 Å². The smallest absolute Gasteiger partial charge is 0.356 e. The van der Waals surface area contributed by atoms with Crippen molar-refractivity contribution >= 4 is 23.4 Å². The minimum absolute atomic E-state index is 0.152. The second-order valence-electron chi connectivity index (χ2n) is 8.24. The van der Waals surface area contributed by atoms with Crippen molar-refractivity contribution in [2.45, 2.75) is 24.9 Å². The lowest BCUT2D eigenvalue weighted by Crippen LogP contribution is -2.36. The van der Waals surface area contributed by atoms with Crippen molar-refractivity contribution in [3.05, 3.63) is 70.2 Å². The van der Waals surface area contributed by atoms with Crippen molar-refractivity contribution in [3.8, 4) is 0 Å². The molecule has 0 bridgehead atoms. The van der Waals surface area contributed by atoms with E-state index in [-0.39, 0.29) is 24.9 Å². The van der Waals surface area contributed by atoms with Crippen molar-refractivity contribution in [2.24, 2.45) is 11.8 Å². The predicted molar refractivity (Wildman–Crippen MR) is 111 cm³/mol. The molecule has 1 heterocycles. The molecule has 8 heteroatoms. The molecule has 4 nitrogen and oxygen atoms in total. The van der Waals surface area contributed by atoms with Crippen LogP contribution in [0.3, 0.4) is 0 Å². The van der Waals surface area contributed by atoms with Crippen LogP contribution >= 0.6 is 11.6 Å². The van der Waals surface area contributed by atoms with Crippen molar-refractivity contribution in [1.29, 1.82) is 0 Å². The Morgan fingerprint density at radius 3 is 2.42 bits per heavy atom. The fourth-order valence-electron chi connectivity index (χ4n) is 3.99. The second kappa shape index (κ2) is 8.54. The molecule has 1 saturated carbocycles. The lowest BCUT2D eigenvalue weighted by molar-refractivity contribution is -0.137. The van der Waals surface area contributed by atoms with Gasteiger partial charge in [-0.3, -0.25) is 9.59 Å². The summed E-state index contributed by atoms with van der Waals surface area (Å²) in [7, 11) is 0. The second-order valence-corrected chi connectivity index (χ2v) is 8.68. The number of amides is 2. The summed E-state index contributed by atoms with van der Waals surface area (Å²) in [6, 6.07) is 11.5. The lowest BCUT2D eigenvalue weighted by atomic mass is 9.87. The zero-order valence-corrected chi connectivity index (χ0v) is 17.4. The number of halogens is 4. The molecule has 2 aliphatic rings. The van der Waals surface area contributed by atoms with Gasteiger partial charge in [-0.1, -0.05) is 29.8 Å². The number of likely N-dealkylation sites (tertiary alicyclic amines) is 1. The van der Waals surface area contributed by atoms with Crippen molar-refractivity contribution in [2.75, 3.05) is 19.6 Å². The lowest BCUT2D eigenvalue weighted by Gasteiger charge is -2.19. The largest absolute Gasteiger partial charge is 0.416 e. The number of rotatable bonds is 5. The Hall–Kier alpha value is -2.54. The zero-order valence-electron chi connectivity index (χ0n) is 16.7. The fourth-order valence-corrected chi connectivity index (χ4v) is 4.12. The highest BCUT2D eigenvalue weighted by Gasteiger charge is 2.42. The first-order chi connectivity index (χ1) is 14.7. The molecule has 1 N–H and O–H groups in total. The van der Waals surface area contributed by atoms with Gasteiger partial charge in [-0.2, -0.15) is 13.2 Å². The van der Waals surface area contributed by atoms with Crippen LogP contribution in [0.5, 0.6) is 0 Å². The van der Waals surface area contributed by atoms with Gasteiger partial charge in [0.05, 0.1) is 11.5 Å². The Morgan fingerprint density at radius 1 is 1.06 bits per heavy atom. The third-order valence-corrected chi connectivity index (χ3v) is 6.19. The average molecular weight is 451 g/mol. The predicted octanol–water partition coefficient (Wildman–Crippen LogP) is 4.74. The molecule has 0 spiro atoms. The molecular formula is C23H22ClF3N2O2. The van der Waals surface area contributed by atoms with E-state index < -0.39 is 23.6 Å². The van der Waals surface area contributed by atoms with Crippen molar-refractivity contribution in [3.63, 3.8) is 0 Å². The third kappa shape index (κ3) is 5.03. The van der Waals surface area contributed by atoms with E-state index in [4.69, 9.17) is 11.6 Å². The van der Waals surface area contributed by atoms with Crippen LogP contribution in [0.25, 0.3) is 0 Å². The molecule has 2 amide bonds. The van der Waals surface area contributed by atoms with E-state index in [0.29, 0.717) is 28.6 Å². The van der Waals surface area contributed by atoms with Crippen LogP contribution in [-0.2, 0) is 11.0 Å². The molecule has 31 heavy (non-hydrogen) atoms. The monoisotopic (exact) mass is 450 g/mol.